The molecule has 1 nitrogen and oxygen atoms in total. The van der Waals surface area contributed by atoms with Crippen LogP contribution in [0.5, 0.6) is 0 Å². The van der Waals surface area contributed by atoms with Crippen LogP contribution in [0, 0.1) is 5.92 Å². The van der Waals surface area contributed by atoms with Crippen molar-refractivity contribution in [3.63, 3.8) is 0 Å². The summed E-state index contributed by atoms with van der Waals surface area (Å²) in [5, 5.41) is 0. The van der Waals surface area contributed by atoms with Crippen molar-refractivity contribution in [3.05, 3.63) is 47.7 Å². The predicted octanol–water partition coefficient (Wildman–Crippen LogP) is 5.62. The molecule has 0 aromatic heterocycles. The van der Waals surface area contributed by atoms with E-state index in [1.54, 1.807) is 0 Å². The molecule has 0 saturated heterocycles. The third-order valence-electron chi connectivity index (χ3n) is 3.35. The molecule has 0 heterocycles. The van der Waals surface area contributed by atoms with Gasteiger partial charge in [-0.1, -0.05) is 37.3 Å². The summed E-state index contributed by atoms with van der Waals surface area (Å²) in [6.45, 7) is 12.4. The van der Waals surface area contributed by atoms with Crippen LogP contribution in [-0.2, 0) is 0 Å². The minimum Gasteiger partial charge on any atom is -0.253 e. The van der Waals surface area contributed by atoms with Gasteiger partial charge in [-0.2, -0.15) is 0 Å². The Morgan fingerprint density at radius 1 is 1.32 bits per heavy atom. The van der Waals surface area contributed by atoms with Crippen molar-refractivity contribution in [3.8, 4) is 0 Å². The molecule has 0 aliphatic heterocycles. The van der Waals surface area contributed by atoms with Crippen LogP contribution in [0.1, 0.15) is 53.4 Å². The Bertz CT molecular complexity index is 429. The van der Waals surface area contributed by atoms with E-state index in [4.69, 9.17) is 4.99 Å². The van der Waals surface area contributed by atoms with Gasteiger partial charge < -0.3 is 0 Å². The van der Waals surface area contributed by atoms with Gasteiger partial charge in [0.15, 0.2) is 0 Å². The van der Waals surface area contributed by atoms with E-state index in [-0.39, 0.29) is 0 Å². The number of hydrogen-bond donors (Lipinski definition) is 0. The summed E-state index contributed by atoms with van der Waals surface area (Å²) in [7, 11) is 0. The topological polar surface area (TPSA) is 12.4 Å². The lowest BCUT2D eigenvalue weighted by Crippen LogP contribution is -2.01. The predicted molar refractivity (Wildman–Crippen MR) is 86.5 cm³/mol. The van der Waals surface area contributed by atoms with Gasteiger partial charge in [0, 0.05) is 5.70 Å². The Balaban J connectivity index is 3.06. The Labute approximate surface area is 118 Å². The second-order valence-corrected chi connectivity index (χ2v) is 5.30. The highest BCUT2D eigenvalue weighted by Crippen LogP contribution is 2.36. The minimum absolute atomic E-state index is 0.897. The average molecular weight is 257 g/mol. The zero-order valence-corrected chi connectivity index (χ0v) is 12.9. The fraction of sp³-hybridized carbons (Fsp3) is 0.500. The summed E-state index contributed by atoms with van der Waals surface area (Å²) >= 11 is 0. The molecule has 1 aliphatic carbocycles. The molecule has 0 atom stereocenters. The zero-order valence-electron chi connectivity index (χ0n) is 12.9. The lowest BCUT2D eigenvalue weighted by Gasteiger charge is -2.09. The fourth-order valence-corrected chi connectivity index (χ4v) is 2.24. The minimum atomic E-state index is 0.897. The van der Waals surface area contributed by atoms with Gasteiger partial charge in [0.25, 0.3) is 0 Å². The number of rotatable bonds is 7. The molecular weight excluding hydrogens is 230 g/mol. The molecular formula is C18H27N. The molecule has 1 saturated carbocycles. The highest BCUT2D eigenvalue weighted by molar-refractivity contribution is 6.11. The van der Waals surface area contributed by atoms with Crippen LogP contribution in [0.2, 0.25) is 0 Å². The van der Waals surface area contributed by atoms with Crippen molar-refractivity contribution in [2.45, 2.75) is 53.4 Å². The van der Waals surface area contributed by atoms with E-state index in [2.05, 4.69) is 39.5 Å². The summed E-state index contributed by atoms with van der Waals surface area (Å²) in [6, 6.07) is 0. The Morgan fingerprint density at radius 3 is 2.47 bits per heavy atom. The van der Waals surface area contributed by atoms with Crippen LogP contribution in [0.4, 0.5) is 0 Å². The van der Waals surface area contributed by atoms with Gasteiger partial charge in [-0.05, 0) is 64.0 Å². The first kappa shape index (κ1) is 15.7. The Morgan fingerprint density at radius 2 is 2.00 bits per heavy atom. The third kappa shape index (κ3) is 5.42. The maximum atomic E-state index is 4.74. The van der Waals surface area contributed by atoms with Crippen molar-refractivity contribution < 1.29 is 0 Å². The molecule has 0 radical (unpaired) electrons. The molecule has 104 valence electrons. The van der Waals surface area contributed by atoms with Crippen LogP contribution in [0.15, 0.2) is 52.7 Å². The standard InChI is InChI=1S/C18H27N/c1-6-9-15(5)19-18(10-7-2)17(8-3)14(4)13-16-11-12-16/h7-10,16H,3,6,11-13H2,1-2,4-5H3/b10-7-,15-9+,17-14-,19-18+. The highest BCUT2D eigenvalue weighted by Gasteiger charge is 2.22. The van der Waals surface area contributed by atoms with Crippen LogP contribution in [-0.4, -0.2) is 5.71 Å². The van der Waals surface area contributed by atoms with E-state index in [9.17, 15) is 0 Å². The van der Waals surface area contributed by atoms with Gasteiger partial charge in [-0.25, -0.2) is 0 Å². The van der Waals surface area contributed by atoms with E-state index < -0.39 is 0 Å². The van der Waals surface area contributed by atoms with Crippen molar-refractivity contribution in [1.29, 1.82) is 0 Å². The third-order valence-corrected chi connectivity index (χ3v) is 3.35. The molecule has 0 aromatic rings. The molecule has 0 bridgehead atoms. The SMILES string of the molecule is C=CC(=C(\C)CC1CC1)/C(/C=C\C)=N/C(C)=C/CC. The van der Waals surface area contributed by atoms with E-state index >= 15 is 0 Å². The lowest BCUT2D eigenvalue weighted by atomic mass is 9.99. The Kier molecular flexibility index (Phi) is 6.55. The van der Waals surface area contributed by atoms with Crippen LogP contribution in [0.3, 0.4) is 0 Å². The molecule has 0 N–H and O–H groups in total. The first-order valence-electron chi connectivity index (χ1n) is 7.33. The van der Waals surface area contributed by atoms with E-state index in [0.717, 1.165) is 23.7 Å². The van der Waals surface area contributed by atoms with Gasteiger partial charge in [0.2, 0.25) is 0 Å². The molecule has 1 fully saturated rings. The number of aliphatic imine (C=N–C) groups is 1. The number of hydrogen-bond acceptors (Lipinski definition) is 1. The van der Waals surface area contributed by atoms with Gasteiger partial charge in [-0.3, -0.25) is 4.99 Å². The summed E-state index contributed by atoms with van der Waals surface area (Å²) in [6.07, 6.45) is 13.2. The lowest BCUT2D eigenvalue weighted by molar-refractivity contribution is 0.817. The van der Waals surface area contributed by atoms with Crippen molar-refractivity contribution in [2.75, 3.05) is 0 Å². The molecule has 0 aromatic carbocycles. The quantitative estimate of drug-likeness (QED) is 0.414. The summed E-state index contributed by atoms with van der Waals surface area (Å²) in [4.78, 5) is 4.74. The summed E-state index contributed by atoms with van der Waals surface area (Å²) < 4.78 is 0. The van der Waals surface area contributed by atoms with Crippen molar-refractivity contribution >= 4 is 5.71 Å². The summed E-state index contributed by atoms with van der Waals surface area (Å²) in [5.41, 5.74) is 4.74. The van der Waals surface area contributed by atoms with Crippen LogP contribution < -0.4 is 0 Å². The Hall–Kier alpha value is -1.37. The van der Waals surface area contributed by atoms with E-state index in [1.165, 1.54) is 30.4 Å². The second kappa shape index (κ2) is 7.93. The summed E-state index contributed by atoms with van der Waals surface area (Å²) in [5.74, 6) is 0.897. The maximum absolute atomic E-state index is 4.74. The van der Waals surface area contributed by atoms with Gasteiger partial charge in [0.05, 0.1) is 5.71 Å². The number of allylic oxidation sites excluding steroid dienone is 7. The van der Waals surface area contributed by atoms with Crippen LogP contribution >= 0.6 is 0 Å². The smallest absolute Gasteiger partial charge is 0.0700 e. The molecule has 19 heavy (non-hydrogen) atoms. The van der Waals surface area contributed by atoms with Gasteiger partial charge >= 0.3 is 0 Å². The monoisotopic (exact) mass is 257 g/mol. The normalized spacial score (nSPS) is 18.7. The molecule has 0 unspecified atom stereocenters. The molecule has 1 rings (SSSR count). The van der Waals surface area contributed by atoms with Gasteiger partial charge in [-0.15, -0.1) is 0 Å². The number of nitrogens with zero attached hydrogens (tertiary/aromatic N) is 1. The zero-order chi connectivity index (χ0) is 14.3. The first-order chi connectivity index (χ1) is 9.12. The first-order valence-corrected chi connectivity index (χ1v) is 7.33. The second-order valence-electron chi connectivity index (χ2n) is 5.30. The molecule has 1 heteroatoms. The van der Waals surface area contributed by atoms with Crippen molar-refractivity contribution in [2.24, 2.45) is 10.9 Å². The maximum Gasteiger partial charge on any atom is 0.0700 e. The highest BCUT2D eigenvalue weighted by atomic mass is 14.7. The molecule has 0 amide bonds. The van der Waals surface area contributed by atoms with Crippen LogP contribution in [0.25, 0.3) is 0 Å². The van der Waals surface area contributed by atoms with E-state index in [1.807, 2.05) is 19.1 Å². The fourth-order valence-electron chi connectivity index (χ4n) is 2.24. The van der Waals surface area contributed by atoms with Crippen molar-refractivity contribution in [1.82, 2.24) is 0 Å². The van der Waals surface area contributed by atoms with E-state index in [0.29, 0.717) is 0 Å². The van der Waals surface area contributed by atoms with Gasteiger partial charge in [0.1, 0.15) is 0 Å². The molecule has 1 aliphatic rings. The molecule has 0 spiro atoms. The largest absolute Gasteiger partial charge is 0.253 e. The average Bonchev–Trinajstić information content (AvgIpc) is 3.14.